The Hall–Kier alpha value is -2.90. The number of aryl methyl sites for hydroxylation is 2. The molecule has 2 aromatic heterocycles. The van der Waals surface area contributed by atoms with Crippen molar-refractivity contribution >= 4 is 33.4 Å². The first-order chi connectivity index (χ1) is 14.5. The minimum absolute atomic E-state index is 0.0897. The highest BCUT2D eigenvalue weighted by Crippen LogP contribution is 2.24. The van der Waals surface area contributed by atoms with Gasteiger partial charge in [0.2, 0.25) is 21.1 Å². The van der Waals surface area contributed by atoms with Crippen LogP contribution < -0.4 is 11.2 Å². The largest absolute Gasteiger partial charge is 0.334 e. The molecule has 3 aromatic rings. The molecule has 0 aliphatic carbocycles. The molecule has 0 spiro atoms. The molecule has 0 saturated carbocycles. The maximum absolute atomic E-state index is 12.6. The molecule has 0 bridgehead atoms. The van der Waals surface area contributed by atoms with Crippen molar-refractivity contribution in [1.82, 2.24) is 29.0 Å². The summed E-state index contributed by atoms with van der Waals surface area (Å²) in [6, 6.07) is 7.97. The lowest BCUT2D eigenvalue weighted by Gasteiger charge is -2.14. The molecular weight excluding hydrogens is 440 g/mol. The summed E-state index contributed by atoms with van der Waals surface area (Å²) in [5, 5.41) is 15.0. The number of nitrogens with two attached hydrogens (primary N) is 1. The lowest BCUT2D eigenvalue weighted by Crippen LogP contribution is -2.25. The first-order valence-electron chi connectivity index (χ1n) is 9.25. The number of anilines is 1. The number of nitrogen functional groups attached to an aromatic ring is 1. The Morgan fingerprint density at radius 3 is 2.55 bits per heavy atom. The fraction of sp³-hybridized carbons (Fsp3) is 0.333. The monoisotopic (exact) mass is 464 g/mol. The van der Waals surface area contributed by atoms with Gasteiger partial charge in [0.1, 0.15) is 0 Å². The van der Waals surface area contributed by atoms with E-state index in [-0.39, 0.29) is 10.8 Å². The molecule has 0 saturated heterocycles. The van der Waals surface area contributed by atoms with Crippen molar-refractivity contribution in [3.05, 3.63) is 41.7 Å². The Labute approximate surface area is 184 Å². The minimum atomic E-state index is -3.60. The van der Waals surface area contributed by atoms with Gasteiger partial charge in [0.15, 0.2) is 0 Å². The molecule has 31 heavy (non-hydrogen) atoms. The number of thioether (sulfide) groups is 1. The van der Waals surface area contributed by atoms with Gasteiger partial charge < -0.3 is 11.2 Å². The zero-order chi connectivity index (χ0) is 22.9. The molecule has 166 valence electrons. The van der Waals surface area contributed by atoms with E-state index in [1.807, 2.05) is 19.9 Å². The van der Waals surface area contributed by atoms with Gasteiger partial charge in [0.05, 0.1) is 15.8 Å². The van der Waals surface area contributed by atoms with Gasteiger partial charge >= 0.3 is 0 Å². The van der Waals surface area contributed by atoms with Crippen LogP contribution in [-0.4, -0.2) is 62.6 Å². The lowest BCUT2D eigenvalue weighted by molar-refractivity contribution is -0.115. The second-order valence-electron chi connectivity index (χ2n) is 7.06. The summed E-state index contributed by atoms with van der Waals surface area (Å²) in [5.41, 5.74) is 2.05. The molecule has 0 fully saturated rings. The SMILES string of the molecule is Cc1cc(C)n(-c2nnc(SC(C)C(=O)Nc3cccc(S(=O)(=O)N(C)C)c3)n2N)n1. The smallest absolute Gasteiger partial charge is 0.271 e. The van der Waals surface area contributed by atoms with Crippen molar-refractivity contribution in [2.45, 2.75) is 36.1 Å². The number of amides is 1. The molecule has 0 radical (unpaired) electrons. The van der Waals surface area contributed by atoms with Gasteiger partial charge in [-0.2, -0.15) is 5.10 Å². The quantitative estimate of drug-likeness (QED) is 0.392. The van der Waals surface area contributed by atoms with E-state index in [1.165, 1.54) is 30.9 Å². The van der Waals surface area contributed by atoms with E-state index in [4.69, 9.17) is 5.84 Å². The third-order valence-corrected chi connectivity index (χ3v) is 7.25. The summed E-state index contributed by atoms with van der Waals surface area (Å²) in [4.78, 5) is 12.7. The van der Waals surface area contributed by atoms with Crippen LogP contribution in [-0.2, 0) is 14.8 Å². The fourth-order valence-corrected chi connectivity index (χ4v) is 4.44. The third-order valence-electron chi connectivity index (χ3n) is 4.38. The number of hydrogen-bond acceptors (Lipinski definition) is 8. The lowest BCUT2D eigenvalue weighted by atomic mass is 10.3. The first-order valence-corrected chi connectivity index (χ1v) is 11.6. The molecule has 11 nitrogen and oxygen atoms in total. The van der Waals surface area contributed by atoms with E-state index >= 15 is 0 Å². The summed E-state index contributed by atoms with van der Waals surface area (Å²) in [7, 11) is -0.711. The second kappa shape index (κ2) is 8.69. The highest BCUT2D eigenvalue weighted by molar-refractivity contribution is 8.00. The van der Waals surface area contributed by atoms with Crippen LogP contribution >= 0.6 is 11.8 Å². The minimum Gasteiger partial charge on any atom is -0.334 e. The predicted molar refractivity (Wildman–Crippen MR) is 118 cm³/mol. The van der Waals surface area contributed by atoms with Gasteiger partial charge in [-0.1, -0.05) is 17.8 Å². The topological polar surface area (TPSA) is 141 Å². The van der Waals surface area contributed by atoms with E-state index < -0.39 is 15.3 Å². The van der Waals surface area contributed by atoms with E-state index in [0.29, 0.717) is 16.8 Å². The molecular formula is C18H24N8O3S2. The number of hydrogen-bond donors (Lipinski definition) is 2. The number of benzene rings is 1. The van der Waals surface area contributed by atoms with E-state index in [1.54, 1.807) is 23.7 Å². The molecule has 3 N–H and O–H groups in total. The van der Waals surface area contributed by atoms with Gasteiger partial charge in [-0.3, -0.25) is 4.79 Å². The van der Waals surface area contributed by atoms with Gasteiger partial charge in [-0.15, -0.1) is 10.2 Å². The van der Waals surface area contributed by atoms with Crippen molar-refractivity contribution < 1.29 is 13.2 Å². The molecule has 2 heterocycles. The van der Waals surface area contributed by atoms with Crippen LogP contribution in [0.5, 0.6) is 0 Å². The van der Waals surface area contributed by atoms with Crippen LogP contribution in [0.15, 0.2) is 40.4 Å². The zero-order valence-electron chi connectivity index (χ0n) is 17.8. The molecule has 3 rings (SSSR count). The van der Waals surface area contributed by atoms with Crippen molar-refractivity contribution in [1.29, 1.82) is 0 Å². The Balaban J connectivity index is 1.73. The summed E-state index contributed by atoms with van der Waals surface area (Å²) < 4.78 is 28.6. The second-order valence-corrected chi connectivity index (χ2v) is 10.5. The van der Waals surface area contributed by atoms with E-state index in [2.05, 4.69) is 20.6 Å². The zero-order valence-corrected chi connectivity index (χ0v) is 19.4. The molecule has 13 heteroatoms. The average Bonchev–Trinajstić information content (AvgIpc) is 3.22. The molecule has 0 aliphatic heterocycles. The number of nitrogens with zero attached hydrogens (tertiary/aromatic N) is 6. The number of nitrogens with one attached hydrogen (secondary N) is 1. The van der Waals surface area contributed by atoms with E-state index in [0.717, 1.165) is 27.5 Å². The summed E-state index contributed by atoms with van der Waals surface area (Å²) in [6.07, 6.45) is 0. The normalized spacial score (nSPS) is 12.8. The molecule has 0 aliphatic rings. The van der Waals surface area contributed by atoms with Crippen LogP contribution in [0, 0.1) is 13.8 Å². The molecule has 1 unspecified atom stereocenters. The van der Waals surface area contributed by atoms with Crippen molar-refractivity contribution in [3.8, 4) is 5.95 Å². The highest BCUT2D eigenvalue weighted by atomic mass is 32.2. The van der Waals surface area contributed by atoms with Crippen LogP contribution in [0.4, 0.5) is 5.69 Å². The van der Waals surface area contributed by atoms with Crippen LogP contribution in [0.1, 0.15) is 18.3 Å². The fourth-order valence-electron chi connectivity index (χ4n) is 2.73. The van der Waals surface area contributed by atoms with Gasteiger partial charge in [0, 0.05) is 25.5 Å². The molecule has 1 atom stereocenters. The Morgan fingerprint density at radius 2 is 1.94 bits per heavy atom. The van der Waals surface area contributed by atoms with Crippen molar-refractivity contribution in [2.75, 3.05) is 25.3 Å². The number of sulfonamides is 1. The van der Waals surface area contributed by atoms with Crippen LogP contribution in [0.2, 0.25) is 0 Å². The Morgan fingerprint density at radius 1 is 1.23 bits per heavy atom. The number of aromatic nitrogens is 5. The maximum Gasteiger partial charge on any atom is 0.271 e. The molecule has 1 amide bonds. The van der Waals surface area contributed by atoms with Crippen LogP contribution in [0.25, 0.3) is 5.95 Å². The number of carbonyl (C=O) groups is 1. The van der Waals surface area contributed by atoms with Crippen molar-refractivity contribution in [2.24, 2.45) is 0 Å². The highest BCUT2D eigenvalue weighted by Gasteiger charge is 2.22. The first kappa shape index (κ1) is 22.8. The maximum atomic E-state index is 12.6. The van der Waals surface area contributed by atoms with Gasteiger partial charge in [-0.05, 0) is 45.0 Å². The predicted octanol–water partition coefficient (Wildman–Crippen LogP) is 1.16. The number of carbonyl (C=O) groups excluding carboxylic acids is 1. The van der Waals surface area contributed by atoms with Gasteiger partial charge in [0.25, 0.3) is 5.95 Å². The van der Waals surface area contributed by atoms with Crippen molar-refractivity contribution in [3.63, 3.8) is 0 Å². The average molecular weight is 465 g/mol. The summed E-state index contributed by atoms with van der Waals surface area (Å²) >= 11 is 1.13. The van der Waals surface area contributed by atoms with Gasteiger partial charge in [-0.25, -0.2) is 22.1 Å². The molecule has 1 aromatic carbocycles. The Bertz CT molecular complexity index is 1220. The third kappa shape index (κ3) is 4.73. The number of rotatable bonds is 7. The van der Waals surface area contributed by atoms with Crippen LogP contribution in [0.3, 0.4) is 0 Å². The Kier molecular flexibility index (Phi) is 6.38. The van der Waals surface area contributed by atoms with E-state index in [9.17, 15) is 13.2 Å². The summed E-state index contributed by atoms with van der Waals surface area (Å²) in [5.74, 6) is 6.12. The summed E-state index contributed by atoms with van der Waals surface area (Å²) in [6.45, 7) is 5.43. The standard InChI is InChI=1S/C18H24N8O3S2/c1-11-9-12(2)26(23-11)17-21-22-18(25(17)19)30-13(3)16(27)20-14-7-6-8-15(10-14)31(28,29)24(4)5/h6-10,13H,19H2,1-5H3,(H,20,27).